The van der Waals surface area contributed by atoms with Gasteiger partial charge in [0.2, 0.25) is 5.91 Å². The fourth-order valence-corrected chi connectivity index (χ4v) is 2.07. The number of hydrogen-bond donors (Lipinski definition) is 2. The van der Waals surface area contributed by atoms with Gasteiger partial charge < -0.3 is 16.2 Å². The second-order valence-electron chi connectivity index (χ2n) is 4.65. The van der Waals surface area contributed by atoms with Crippen molar-refractivity contribution in [3.05, 3.63) is 59.7 Å². The molecule has 0 radical (unpaired) electrons. The van der Waals surface area contributed by atoms with Crippen LogP contribution in [-0.4, -0.2) is 12.0 Å². The van der Waals surface area contributed by atoms with E-state index in [-0.39, 0.29) is 0 Å². The lowest BCUT2D eigenvalue weighted by molar-refractivity contribution is 0.1000. The zero-order valence-electron chi connectivity index (χ0n) is 11.6. The molecule has 5 nitrogen and oxygen atoms in total. The Kier molecular flexibility index (Phi) is 4.23. The number of benzene rings is 2. The van der Waals surface area contributed by atoms with Crippen LogP contribution in [0.25, 0.3) is 11.1 Å². The molecule has 0 heterocycles. The van der Waals surface area contributed by atoms with Gasteiger partial charge in [0.25, 0.3) is 0 Å². The number of hydrogen-bond acceptors (Lipinski definition) is 3. The SMILES string of the molecule is CC(OC(N)=O)c1cccc(-c2cccc(C(N)=O)c2)c1. The molecule has 2 aromatic rings. The lowest BCUT2D eigenvalue weighted by atomic mass is 9.99. The summed E-state index contributed by atoms with van der Waals surface area (Å²) in [5.41, 5.74) is 13.3. The Balaban J connectivity index is 2.35. The topological polar surface area (TPSA) is 95.4 Å². The summed E-state index contributed by atoms with van der Waals surface area (Å²) in [5.74, 6) is -0.474. The van der Waals surface area contributed by atoms with Crippen molar-refractivity contribution in [1.82, 2.24) is 0 Å². The highest BCUT2D eigenvalue weighted by Crippen LogP contribution is 2.25. The molecule has 0 aliphatic heterocycles. The lowest BCUT2D eigenvalue weighted by Gasteiger charge is -2.13. The molecule has 2 aromatic carbocycles. The summed E-state index contributed by atoms with van der Waals surface area (Å²) in [6.45, 7) is 1.74. The van der Waals surface area contributed by atoms with Crippen molar-refractivity contribution in [1.29, 1.82) is 0 Å². The zero-order chi connectivity index (χ0) is 15.4. The van der Waals surface area contributed by atoms with E-state index in [9.17, 15) is 9.59 Å². The fraction of sp³-hybridized carbons (Fsp3) is 0.125. The summed E-state index contributed by atoms with van der Waals surface area (Å²) < 4.78 is 4.95. The van der Waals surface area contributed by atoms with Crippen LogP contribution in [0.3, 0.4) is 0 Å². The normalized spacial score (nSPS) is 11.7. The van der Waals surface area contributed by atoms with Gasteiger partial charge in [0.05, 0.1) is 0 Å². The summed E-state index contributed by atoms with van der Waals surface area (Å²) in [7, 11) is 0. The van der Waals surface area contributed by atoms with E-state index in [1.54, 1.807) is 25.1 Å². The minimum atomic E-state index is -0.816. The molecule has 2 amide bonds. The third kappa shape index (κ3) is 3.60. The van der Waals surface area contributed by atoms with Crippen LogP contribution in [0.15, 0.2) is 48.5 Å². The molecule has 5 heteroatoms. The molecule has 1 atom stereocenters. The molecule has 0 fully saturated rings. The van der Waals surface area contributed by atoms with Crippen LogP contribution in [0.4, 0.5) is 4.79 Å². The number of ether oxygens (including phenoxy) is 1. The van der Waals surface area contributed by atoms with Crippen LogP contribution in [0.5, 0.6) is 0 Å². The van der Waals surface area contributed by atoms with Crippen LogP contribution in [-0.2, 0) is 4.74 Å². The summed E-state index contributed by atoms with van der Waals surface area (Å²) in [6, 6.07) is 14.5. The fourth-order valence-electron chi connectivity index (χ4n) is 2.07. The lowest BCUT2D eigenvalue weighted by Crippen LogP contribution is -2.15. The number of carbonyl (C=O) groups excluding carboxylic acids is 2. The van der Waals surface area contributed by atoms with Crippen LogP contribution in [0.1, 0.15) is 28.9 Å². The first-order valence-corrected chi connectivity index (χ1v) is 6.43. The van der Waals surface area contributed by atoms with Crippen molar-refractivity contribution in [2.45, 2.75) is 13.0 Å². The van der Waals surface area contributed by atoms with Gasteiger partial charge in [0, 0.05) is 5.56 Å². The Labute approximate surface area is 122 Å². The largest absolute Gasteiger partial charge is 0.442 e. The second kappa shape index (κ2) is 6.09. The van der Waals surface area contributed by atoms with Crippen molar-refractivity contribution in [3.8, 4) is 11.1 Å². The third-order valence-electron chi connectivity index (χ3n) is 3.13. The Morgan fingerprint density at radius 2 is 1.62 bits per heavy atom. The van der Waals surface area contributed by atoms with Crippen molar-refractivity contribution in [3.63, 3.8) is 0 Å². The van der Waals surface area contributed by atoms with Gasteiger partial charge >= 0.3 is 6.09 Å². The number of primary amides is 2. The van der Waals surface area contributed by atoms with Gasteiger partial charge in [-0.05, 0) is 41.8 Å². The first-order valence-electron chi connectivity index (χ1n) is 6.43. The molecule has 0 aliphatic carbocycles. The molecule has 2 rings (SSSR count). The summed E-state index contributed by atoms with van der Waals surface area (Å²) in [4.78, 5) is 22.0. The van der Waals surface area contributed by atoms with E-state index in [1.165, 1.54) is 0 Å². The summed E-state index contributed by atoms with van der Waals surface area (Å²) in [6.07, 6.45) is -1.26. The summed E-state index contributed by atoms with van der Waals surface area (Å²) >= 11 is 0. The number of amides is 2. The Morgan fingerprint density at radius 1 is 1.00 bits per heavy atom. The van der Waals surface area contributed by atoms with Gasteiger partial charge in [0.15, 0.2) is 0 Å². The maximum atomic E-state index is 11.2. The molecular weight excluding hydrogens is 268 g/mol. The van der Waals surface area contributed by atoms with Gasteiger partial charge in [-0.15, -0.1) is 0 Å². The van der Waals surface area contributed by atoms with Gasteiger partial charge in [-0.1, -0.05) is 30.3 Å². The third-order valence-corrected chi connectivity index (χ3v) is 3.13. The second-order valence-corrected chi connectivity index (χ2v) is 4.65. The van der Waals surface area contributed by atoms with Gasteiger partial charge in [-0.2, -0.15) is 0 Å². The van der Waals surface area contributed by atoms with E-state index in [0.717, 1.165) is 16.7 Å². The molecule has 0 spiro atoms. The zero-order valence-corrected chi connectivity index (χ0v) is 11.6. The molecule has 0 aliphatic rings. The van der Waals surface area contributed by atoms with E-state index in [2.05, 4.69) is 0 Å². The highest BCUT2D eigenvalue weighted by Gasteiger charge is 2.10. The molecule has 4 N–H and O–H groups in total. The molecule has 108 valence electrons. The summed E-state index contributed by atoms with van der Waals surface area (Å²) in [5, 5.41) is 0. The Bertz CT molecular complexity index is 683. The highest BCUT2D eigenvalue weighted by molar-refractivity contribution is 5.94. The van der Waals surface area contributed by atoms with Gasteiger partial charge in [-0.25, -0.2) is 4.79 Å². The maximum absolute atomic E-state index is 11.2. The van der Waals surface area contributed by atoms with Crippen LogP contribution in [0, 0.1) is 0 Å². The molecule has 0 aromatic heterocycles. The standard InChI is InChI=1S/C16H16N2O3/c1-10(21-16(18)20)11-4-2-5-12(8-11)13-6-3-7-14(9-13)15(17)19/h2-10H,1H3,(H2,17,19)(H2,18,20). The predicted octanol–water partition coefficient (Wildman–Crippen LogP) is 2.61. The quantitative estimate of drug-likeness (QED) is 0.903. The van der Waals surface area contributed by atoms with E-state index in [1.807, 2.05) is 30.3 Å². The minimum Gasteiger partial charge on any atom is -0.442 e. The monoisotopic (exact) mass is 284 g/mol. The predicted molar refractivity (Wildman–Crippen MR) is 79.5 cm³/mol. The minimum absolute atomic E-state index is 0.443. The molecule has 0 bridgehead atoms. The average molecular weight is 284 g/mol. The maximum Gasteiger partial charge on any atom is 0.405 e. The van der Waals surface area contributed by atoms with Crippen molar-refractivity contribution in [2.75, 3.05) is 0 Å². The molecular formula is C16H16N2O3. The first kappa shape index (κ1) is 14.6. The van der Waals surface area contributed by atoms with Gasteiger partial charge in [0.1, 0.15) is 6.10 Å². The van der Waals surface area contributed by atoms with Gasteiger partial charge in [-0.3, -0.25) is 4.79 Å². The number of nitrogens with two attached hydrogens (primary N) is 2. The Hall–Kier alpha value is -2.82. The molecule has 1 unspecified atom stereocenters. The van der Waals surface area contributed by atoms with E-state index in [0.29, 0.717) is 5.56 Å². The average Bonchev–Trinajstić information content (AvgIpc) is 2.47. The Morgan fingerprint density at radius 3 is 2.24 bits per heavy atom. The molecule has 0 saturated carbocycles. The highest BCUT2D eigenvalue weighted by atomic mass is 16.6. The molecule has 0 saturated heterocycles. The first-order chi connectivity index (χ1) is 9.97. The van der Waals surface area contributed by atoms with Crippen LogP contribution in [0.2, 0.25) is 0 Å². The van der Waals surface area contributed by atoms with E-state index in [4.69, 9.17) is 16.2 Å². The number of carbonyl (C=O) groups is 2. The van der Waals surface area contributed by atoms with Crippen LogP contribution >= 0.6 is 0 Å². The van der Waals surface area contributed by atoms with Crippen molar-refractivity contribution in [2.24, 2.45) is 11.5 Å². The van der Waals surface area contributed by atoms with E-state index >= 15 is 0 Å². The molecule has 21 heavy (non-hydrogen) atoms. The van der Waals surface area contributed by atoms with Crippen molar-refractivity contribution < 1.29 is 14.3 Å². The smallest absolute Gasteiger partial charge is 0.405 e. The van der Waals surface area contributed by atoms with Crippen molar-refractivity contribution >= 4 is 12.0 Å². The number of rotatable bonds is 4. The van der Waals surface area contributed by atoms with Crippen LogP contribution < -0.4 is 11.5 Å². The van der Waals surface area contributed by atoms with E-state index < -0.39 is 18.1 Å².